The van der Waals surface area contributed by atoms with E-state index in [1.54, 1.807) is 17.5 Å². The van der Waals surface area contributed by atoms with Gasteiger partial charge in [0.05, 0.1) is 31.3 Å². The van der Waals surface area contributed by atoms with Crippen molar-refractivity contribution in [1.29, 1.82) is 0 Å². The second-order valence-corrected chi connectivity index (χ2v) is 8.16. The molecule has 1 atom stereocenters. The molecule has 0 amide bonds. The fraction of sp³-hybridized carbons (Fsp3) is 0.474. The number of quaternary nitrogens is 1. The van der Waals surface area contributed by atoms with Gasteiger partial charge >= 0.3 is 0 Å². The van der Waals surface area contributed by atoms with E-state index in [4.69, 9.17) is 4.42 Å². The summed E-state index contributed by atoms with van der Waals surface area (Å²) in [6.07, 6.45) is 9.72. The van der Waals surface area contributed by atoms with Gasteiger partial charge in [0.2, 0.25) is 0 Å². The maximum atomic E-state index is 5.75. The van der Waals surface area contributed by atoms with Crippen LogP contribution in [0.15, 0.2) is 29.1 Å². The lowest BCUT2D eigenvalue weighted by molar-refractivity contribution is -0.919. The van der Waals surface area contributed by atoms with E-state index in [2.05, 4.69) is 21.4 Å². The molecule has 25 heavy (non-hydrogen) atoms. The van der Waals surface area contributed by atoms with E-state index in [0.717, 1.165) is 29.4 Å². The number of thiophene rings is 1. The number of nitrogens with zero attached hydrogens (tertiary/aromatic N) is 2. The molecule has 4 heterocycles. The molecule has 0 radical (unpaired) electrons. The van der Waals surface area contributed by atoms with E-state index < -0.39 is 0 Å². The standard InChI is InChI=1S/C19H22N4OS/c1-2-9-23(8-1)14(15-6-4-10-24-15)11-20-18-17-13-5-3-7-16(13)25-19(17)22-12-21-18/h4,6,10,12,14H,1-3,5,7-9,11H2,(H,20,21,22)/p+1/t14-/m0/s1. The van der Waals surface area contributed by atoms with Crippen molar-refractivity contribution < 1.29 is 9.32 Å². The van der Waals surface area contributed by atoms with E-state index in [9.17, 15) is 0 Å². The zero-order chi connectivity index (χ0) is 16.6. The minimum absolute atomic E-state index is 0.342. The molecule has 5 nitrogen and oxygen atoms in total. The first-order valence-corrected chi connectivity index (χ1v) is 10.1. The molecule has 0 bridgehead atoms. The van der Waals surface area contributed by atoms with Crippen molar-refractivity contribution in [3.8, 4) is 0 Å². The molecule has 1 aliphatic heterocycles. The molecule has 0 saturated carbocycles. The molecule has 0 aromatic carbocycles. The van der Waals surface area contributed by atoms with Crippen LogP contribution in [0.3, 0.4) is 0 Å². The average Bonchev–Trinajstić information content (AvgIpc) is 3.39. The highest BCUT2D eigenvalue weighted by Crippen LogP contribution is 2.39. The number of hydrogen-bond acceptors (Lipinski definition) is 5. The number of aryl methyl sites for hydroxylation is 2. The molecule has 1 aliphatic carbocycles. The molecule has 6 heteroatoms. The molecule has 130 valence electrons. The maximum Gasteiger partial charge on any atom is 0.163 e. The lowest BCUT2D eigenvalue weighted by atomic mass is 10.1. The predicted octanol–water partition coefficient (Wildman–Crippen LogP) is 2.60. The highest BCUT2D eigenvalue weighted by atomic mass is 32.1. The number of likely N-dealkylation sites (tertiary alicyclic amines) is 1. The van der Waals surface area contributed by atoms with E-state index in [1.807, 2.05) is 17.4 Å². The molecule has 5 rings (SSSR count). The quantitative estimate of drug-likeness (QED) is 0.739. The molecule has 1 saturated heterocycles. The Morgan fingerprint density at radius 1 is 1.20 bits per heavy atom. The number of aromatic nitrogens is 2. The third-order valence-electron chi connectivity index (χ3n) is 5.60. The third kappa shape index (κ3) is 2.73. The summed E-state index contributed by atoms with van der Waals surface area (Å²) in [6, 6.07) is 4.44. The van der Waals surface area contributed by atoms with Gasteiger partial charge in [-0.25, -0.2) is 9.97 Å². The van der Waals surface area contributed by atoms with Crippen LogP contribution in [0.25, 0.3) is 10.2 Å². The van der Waals surface area contributed by atoms with Gasteiger partial charge in [0.1, 0.15) is 17.0 Å². The monoisotopic (exact) mass is 355 g/mol. The summed E-state index contributed by atoms with van der Waals surface area (Å²) in [5.41, 5.74) is 1.48. The summed E-state index contributed by atoms with van der Waals surface area (Å²) >= 11 is 1.84. The lowest BCUT2D eigenvalue weighted by Gasteiger charge is -2.23. The maximum absolute atomic E-state index is 5.75. The van der Waals surface area contributed by atoms with Crippen LogP contribution in [0.2, 0.25) is 0 Å². The fourth-order valence-electron chi connectivity index (χ4n) is 4.37. The van der Waals surface area contributed by atoms with Crippen molar-refractivity contribution in [2.45, 2.75) is 38.1 Å². The SMILES string of the molecule is c1coc([C@H](CNc2ncnc3sc4c(c23)CCC4)[NH+]2CCCC2)c1. The van der Waals surface area contributed by atoms with E-state index in [-0.39, 0.29) is 0 Å². The largest absolute Gasteiger partial charge is 0.463 e. The van der Waals surface area contributed by atoms with Crippen LogP contribution < -0.4 is 10.2 Å². The van der Waals surface area contributed by atoms with Crippen LogP contribution >= 0.6 is 11.3 Å². The Morgan fingerprint density at radius 3 is 2.96 bits per heavy atom. The van der Waals surface area contributed by atoms with Crippen molar-refractivity contribution >= 4 is 27.4 Å². The first kappa shape index (κ1) is 15.3. The number of anilines is 1. The molecule has 3 aromatic rings. The minimum Gasteiger partial charge on any atom is -0.463 e. The Bertz CT molecular complexity index is 867. The summed E-state index contributed by atoms with van der Waals surface area (Å²) in [5, 5.41) is 4.90. The van der Waals surface area contributed by atoms with Gasteiger partial charge in [0, 0.05) is 17.7 Å². The van der Waals surface area contributed by atoms with Crippen LogP contribution in [-0.4, -0.2) is 29.6 Å². The van der Waals surface area contributed by atoms with Crippen molar-refractivity contribution in [2.75, 3.05) is 25.0 Å². The summed E-state index contributed by atoms with van der Waals surface area (Å²) in [4.78, 5) is 13.3. The number of rotatable bonds is 5. The van der Waals surface area contributed by atoms with Crippen molar-refractivity contribution in [1.82, 2.24) is 9.97 Å². The number of nitrogens with one attached hydrogen (secondary N) is 2. The number of fused-ring (bicyclic) bond motifs is 3. The van der Waals surface area contributed by atoms with Gasteiger partial charge in [0.25, 0.3) is 0 Å². The van der Waals surface area contributed by atoms with Crippen molar-refractivity contribution in [3.63, 3.8) is 0 Å². The first-order valence-electron chi connectivity index (χ1n) is 9.27. The minimum atomic E-state index is 0.342. The second kappa shape index (κ2) is 6.42. The number of furan rings is 1. The predicted molar refractivity (Wildman–Crippen MR) is 99.3 cm³/mol. The zero-order valence-electron chi connectivity index (χ0n) is 14.3. The summed E-state index contributed by atoms with van der Waals surface area (Å²) < 4.78 is 5.75. The molecule has 1 fully saturated rings. The Balaban J connectivity index is 1.44. The van der Waals surface area contributed by atoms with Gasteiger partial charge in [0.15, 0.2) is 11.8 Å². The van der Waals surface area contributed by atoms with E-state index in [0.29, 0.717) is 6.04 Å². The molecular weight excluding hydrogens is 332 g/mol. The van der Waals surface area contributed by atoms with Gasteiger partial charge in [-0.1, -0.05) is 0 Å². The first-order chi connectivity index (χ1) is 12.4. The van der Waals surface area contributed by atoms with Crippen LogP contribution in [0, 0.1) is 0 Å². The summed E-state index contributed by atoms with van der Waals surface area (Å²) in [7, 11) is 0. The highest BCUT2D eigenvalue weighted by Gasteiger charge is 2.30. The zero-order valence-corrected chi connectivity index (χ0v) is 15.1. The fourth-order valence-corrected chi connectivity index (χ4v) is 5.60. The van der Waals surface area contributed by atoms with Crippen LogP contribution in [0.1, 0.15) is 41.5 Å². The van der Waals surface area contributed by atoms with Crippen LogP contribution in [0.4, 0.5) is 5.82 Å². The van der Waals surface area contributed by atoms with Gasteiger partial charge in [-0.2, -0.15) is 0 Å². The Hall–Kier alpha value is -1.92. The average molecular weight is 355 g/mol. The third-order valence-corrected chi connectivity index (χ3v) is 6.80. The van der Waals surface area contributed by atoms with Gasteiger partial charge in [-0.3, -0.25) is 0 Å². The Labute approximate surface area is 151 Å². The summed E-state index contributed by atoms with van der Waals surface area (Å²) in [5.74, 6) is 2.07. The number of hydrogen-bond donors (Lipinski definition) is 2. The highest BCUT2D eigenvalue weighted by molar-refractivity contribution is 7.19. The Kier molecular flexibility index (Phi) is 3.94. The molecule has 0 spiro atoms. The topological polar surface area (TPSA) is 55.4 Å². The second-order valence-electron chi connectivity index (χ2n) is 7.07. The van der Waals surface area contributed by atoms with Crippen molar-refractivity contribution in [2.24, 2.45) is 0 Å². The van der Waals surface area contributed by atoms with Crippen LogP contribution in [0.5, 0.6) is 0 Å². The molecule has 2 N–H and O–H groups in total. The normalized spacial score (nSPS) is 18.7. The van der Waals surface area contributed by atoms with E-state index >= 15 is 0 Å². The van der Waals surface area contributed by atoms with Crippen LogP contribution in [-0.2, 0) is 12.8 Å². The lowest BCUT2D eigenvalue weighted by Crippen LogP contribution is -3.11. The molecule has 3 aromatic heterocycles. The van der Waals surface area contributed by atoms with E-state index in [1.165, 1.54) is 54.6 Å². The van der Waals surface area contributed by atoms with Gasteiger partial charge < -0.3 is 14.6 Å². The molecule has 2 aliphatic rings. The Morgan fingerprint density at radius 2 is 2.12 bits per heavy atom. The van der Waals surface area contributed by atoms with Gasteiger partial charge in [-0.15, -0.1) is 11.3 Å². The molecular formula is C19H23N4OS+. The van der Waals surface area contributed by atoms with Gasteiger partial charge in [-0.05, 0) is 37.0 Å². The smallest absolute Gasteiger partial charge is 0.163 e. The van der Waals surface area contributed by atoms with Crippen molar-refractivity contribution in [3.05, 3.63) is 40.9 Å². The summed E-state index contributed by atoms with van der Waals surface area (Å²) in [6.45, 7) is 3.29. The molecule has 0 unspecified atom stereocenters.